The van der Waals surface area contributed by atoms with E-state index in [9.17, 15) is 18.5 Å². The van der Waals surface area contributed by atoms with Crippen LogP contribution in [0, 0.1) is 17.1 Å². The second kappa shape index (κ2) is 15.9. The first kappa shape index (κ1) is 39.0. The van der Waals surface area contributed by atoms with Gasteiger partial charge < -0.3 is 24.0 Å². The number of ether oxygens (including phenoxy) is 3. The van der Waals surface area contributed by atoms with Crippen molar-refractivity contribution in [3.05, 3.63) is 77.1 Å². The third kappa shape index (κ3) is 7.00. The van der Waals surface area contributed by atoms with Gasteiger partial charge in [0.05, 0.1) is 31.6 Å². The molecule has 0 spiro atoms. The number of anilines is 1. The number of hydrogen-bond acceptors (Lipinski definition) is 10. The summed E-state index contributed by atoms with van der Waals surface area (Å²) in [5, 5.41) is 9.86. The molecule has 0 radical (unpaired) electrons. The maximum Gasteiger partial charge on any atom is 0.274 e. The minimum atomic E-state index is -4.82. The average Bonchev–Trinajstić information content (AvgIpc) is 3.41. The van der Waals surface area contributed by atoms with Crippen molar-refractivity contribution in [2.75, 3.05) is 63.9 Å². The second-order valence-electron chi connectivity index (χ2n) is 14.1. The molecule has 3 aromatic rings. The third-order valence-corrected chi connectivity index (χ3v) is 12.6. The molecule has 6 rings (SSSR count). The Hall–Kier alpha value is -4.71. The lowest BCUT2D eigenvalue weighted by atomic mass is 9.72. The molecule has 0 bridgehead atoms. The van der Waals surface area contributed by atoms with Crippen LogP contribution in [0.15, 0.2) is 59.5 Å². The molecule has 2 amide bonds. The summed E-state index contributed by atoms with van der Waals surface area (Å²) in [6, 6.07) is 15.5. The van der Waals surface area contributed by atoms with Gasteiger partial charge in [-0.05, 0) is 84.0 Å². The number of fused-ring (bicyclic) bond motifs is 1. The molecule has 3 aromatic carbocycles. The van der Waals surface area contributed by atoms with Gasteiger partial charge in [0.2, 0.25) is 5.91 Å². The molecule has 0 aliphatic carbocycles. The smallest absolute Gasteiger partial charge is 0.274 e. The van der Waals surface area contributed by atoms with Gasteiger partial charge in [0, 0.05) is 61.9 Å². The molecular weight excluding hydrogens is 714 g/mol. The van der Waals surface area contributed by atoms with Crippen molar-refractivity contribution in [2.24, 2.45) is 0 Å². The van der Waals surface area contributed by atoms with Crippen LogP contribution in [0.2, 0.25) is 0 Å². The second-order valence-corrected chi connectivity index (χ2v) is 15.8. The van der Waals surface area contributed by atoms with Crippen LogP contribution in [0.1, 0.15) is 63.6 Å². The number of amides is 2. The summed E-state index contributed by atoms with van der Waals surface area (Å²) >= 11 is 0. The van der Waals surface area contributed by atoms with Crippen LogP contribution < -0.4 is 18.5 Å². The molecule has 1 atom stereocenters. The number of carbonyl (C=O) groups is 2. The molecule has 1 unspecified atom stereocenters. The summed E-state index contributed by atoms with van der Waals surface area (Å²) in [4.78, 5) is 36.2. The van der Waals surface area contributed by atoms with Crippen LogP contribution in [0.4, 0.5) is 10.1 Å². The molecule has 3 aliphatic heterocycles. The van der Waals surface area contributed by atoms with Crippen molar-refractivity contribution < 1.29 is 36.6 Å². The van der Waals surface area contributed by atoms with Crippen LogP contribution in [0.5, 0.6) is 17.2 Å². The Labute approximate surface area is 317 Å². The highest BCUT2D eigenvalue weighted by Gasteiger charge is 2.59. The lowest BCUT2D eigenvalue weighted by Crippen LogP contribution is -2.55. The van der Waals surface area contributed by atoms with Crippen molar-refractivity contribution in [2.45, 2.75) is 69.4 Å². The predicted molar refractivity (Wildman–Crippen MR) is 201 cm³/mol. The number of halogens is 1. The number of hydrogen-bond donors (Lipinski definition) is 0. The molecule has 288 valence electrons. The van der Waals surface area contributed by atoms with Crippen molar-refractivity contribution in [3.63, 3.8) is 0 Å². The van der Waals surface area contributed by atoms with E-state index in [-0.39, 0.29) is 46.4 Å². The van der Waals surface area contributed by atoms with E-state index in [1.165, 1.54) is 25.3 Å². The van der Waals surface area contributed by atoms with Gasteiger partial charge in [-0.3, -0.25) is 14.5 Å². The van der Waals surface area contributed by atoms with Gasteiger partial charge in [-0.2, -0.15) is 5.26 Å². The van der Waals surface area contributed by atoms with E-state index in [0.29, 0.717) is 48.3 Å². The van der Waals surface area contributed by atoms with Gasteiger partial charge in [0.15, 0.2) is 0 Å². The van der Waals surface area contributed by atoms with Gasteiger partial charge in [-0.15, -0.1) is 0 Å². The Kier molecular flexibility index (Phi) is 11.5. The van der Waals surface area contributed by atoms with Crippen molar-refractivity contribution >= 4 is 27.5 Å². The van der Waals surface area contributed by atoms with E-state index in [1.807, 2.05) is 0 Å². The molecule has 0 N–H and O–H groups in total. The summed E-state index contributed by atoms with van der Waals surface area (Å²) < 4.78 is 63.0. The summed E-state index contributed by atoms with van der Waals surface area (Å²) in [6.07, 6.45) is 1.59. The molecule has 14 heteroatoms. The Balaban J connectivity index is 1.44. The fourth-order valence-corrected chi connectivity index (χ4v) is 9.65. The number of nitriles is 1. The maximum atomic E-state index is 15.8. The van der Waals surface area contributed by atoms with Crippen molar-refractivity contribution in [3.8, 4) is 23.3 Å². The molecule has 12 nitrogen and oxygen atoms in total. The monoisotopic (exact) mass is 761 g/mol. The van der Waals surface area contributed by atoms with E-state index >= 15 is 9.18 Å². The number of piperidine rings is 1. The van der Waals surface area contributed by atoms with Crippen LogP contribution in [0.3, 0.4) is 0 Å². The maximum absolute atomic E-state index is 15.8. The lowest BCUT2D eigenvalue weighted by molar-refractivity contribution is -0.137. The standard InChI is InChI=1S/C40H48FN5O7S/c1-6-52-35-11-9-8-10-31(35)40(25-38(47)45-20-18-44(19-21-45)29-14-16-43(17-15-29)27(3)4)32-24-33(41)28(26-42)22-34(32)46(39(40)48)54(49,50)37-13-12-30(51-5)23-36(37)53-7-2/h8-13,22-24,27,29H,6-7,14-21,25H2,1-5H3. The van der Waals surface area contributed by atoms with Gasteiger partial charge >= 0.3 is 0 Å². The first-order valence-corrected chi connectivity index (χ1v) is 20.0. The number of para-hydroxylation sites is 1. The lowest BCUT2D eigenvalue weighted by Gasteiger charge is -2.44. The fourth-order valence-electron chi connectivity index (χ4n) is 8.06. The molecule has 54 heavy (non-hydrogen) atoms. The molecule has 3 aliphatic rings. The Morgan fingerprint density at radius 2 is 1.61 bits per heavy atom. The number of carbonyl (C=O) groups excluding carboxylic acids is 2. The number of piperazine rings is 1. The van der Waals surface area contributed by atoms with E-state index in [2.05, 4.69) is 23.6 Å². The highest BCUT2D eigenvalue weighted by Crippen LogP contribution is 2.54. The third-order valence-electron chi connectivity index (χ3n) is 10.9. The Bertz CT molecular complexity index is 2040. The summed E-state index contributed by atoms with van der Waals surface area (Å²) in [5.74, 6) is -1.84. The van der Waals surface area contributed by atoms with E-state index in [1.54, 1.807) is 49.1 Å². The van der Waals surface area contributed by atoms with Crippen LogP contribution >= 0.6 is 0 Å². The zero-order valence-electron chi connectivity index (χ0n) is 31.5. The number of benzene rings is 3. The number of likely N-dealkylation sites (tertiary alicyclic amines) is 1. The molecule has 0 aromatic heterocycles. The van der Waals surface area contributed by atoms with Gasteiger partial charge in [0.25, 0.3) is 15.9 Å². The van der Waals surface area contributed by atoms with Gasteiger partial charge in [-0.1, -0.05) is 18.2 Å². The summed E-state index contributed by atoms with van der Waals surface area (Å²) in [5.41, 5.74) is -2.58. The highest BCUT2D eigenvalue weighted by atomic mass is 32.2. The SMILES string of the molecule is CCOc1ccccc1C1(CC(=O)N2CCN(C3CCN(C(C)C)CC3)CC2)C(=O)N(S(=O)(=O)c2ccc(OC)cc2OCC)c2cc(C#N)c(F)cc21. The first-order valence-electron chi connectivity index (χ1n) is 18.5. The molecule has 2 saturated heterocycles. The minimum Gasteiger partial charge on any atom is -0.497 e. The van der Waals surface area contributed by atoms with Crippen LogP contribution in [-0.2, 0) is 25.0 Å². The zero-order valence-corrected chi connectivity index (χ0v) is 32.3. The van der Waals surface area contributed by atoms with Gasteiger partial charge in [0.1, 0.15) is 39.4 Å². The first-order chi connectivity index (χ1) is 25.9. The van der Waals surface area contributed by atoms with Gasteiger partial charge in [-0.25, -0.2) is 17.1 Å². The van der Waals surface area contributed by atoms with E-state index in [4.69, 9.17) is 14.2 Å². The fraction of sp³-hybridized carbons (Fsp3) is 0.475. The minimum absolute atomic E-state index is 0.0601. The summed E-state index contributed by atoms with van der Waals surface area (Å²) in [6.45, 7) is 12.4. The number of sulfonamides is 1. The quantitative estimate of drug-likeness (QED) is 0.250. The number of rotatable bonds is 12. The van der Waals surface area contributed by atoms with Crippen LogP contribution in [0.25, 0.3) is 0 Å². The highest BCUT2D eigenvalue weighted by molar-refractivity contribution is 7.93. The average molecular weight is 762 g/mol. The topological polar surface area (TPSA) is 133 Å². The molecule has 2 fully saturated rings. The summed E-state index contributed by atoms with van der Waals surface area (Å²) in [7, 11) is -3.39. The van der Waals surface area contributed by atoms with Crippen molar-refractivity contribution in [1.29, 1.82) is 5.26 Å². The van der Waals surface area contributed by atoms with Crippen LogP contribution in [-0.4, -0.2) is 107 Å². The van der Waals surface area contributed by atoms with Crippen molar-refractivity contribution in [1.82, 2.24) is 14.7 Å². The number of methoxy groups -OCH3 is 1. The predicted octanol–water partition coefficient (Wildman–Crippen LogP) is 4.93. The largest absolute Gasteiger partial charge is 0.497 e. The number of nitrogens with zero attached hydrogens (tertiary/aromatic N) is 5. The molecule has 0 saturated carbocycles. The molecular formula is C40H48FN5O7S. The molecule has 3 heterocycles. The Morgan fingerprint density at radius 3 is 2.24 bits per heavy atom. The van der Waals surface area contributed by atoms with E-state index in [0.717, 1.165) is 38.1 Å². The van der Waals surface area contributed by atoms with E-state index < -0.39 is 45.1 Å². The zero-order chi connectivity index (χ0) is 38.8. The normalized spacial score (nSPS) is 19.9. The Morgan fingerprint density at radius 1 is 0.944 bits per heavy atom.